The number of carbonyl (C=O) groups excluding carboxylic acids is 1. The lowest BCUT2D eigenvalue weighted by molar-refractivity contribution is 0.0795. The van der Waals surface area contributed by atoms with Gasteiger partial charge in [0.2, 0.25) is 0 Å². The fourth-order valence-electron chi connectivity index (χ4n) is 1.45. The summed E-state index contributed by atoms with van der Waals surface area (Å²) in [6.07, 6.45) is 1.11. The van der Waals surface area contributed by atoms with Gasteiger partial charge in [-0.05, 0) is 24.1 Å². The third-order valence-corrected chi connectivity index (χ3v) is 3.56. The second-order valence-corrected chi connectivity index (χ2v) is 5.18. The highest BCUT2D eigenvalue weighted by Gasteiger charge is 2.10. The van der Waals surface area contributed by atoms with Gasteiger partial charge in [0.05, 0.1) is 0 Å². The van der Waals surface area contributed by atoms with Crippen molar-refractivity contribution in [1.29, 1.82) is 0 Å². The zero-order valence-electron chi connectivity index (χ0n) is 9.87. The van der Waals surface area contributed by atoms with Crippen LogP contribution in [0, 0.1) is 0 Å². The van der Waals surface area contributed by atoms with E-state index in [0.717, 1.165) is 24.1 Å². The molecule has 0 radical (unpaired) electrons. The molecular formula is C12H18ClNOSi. The van der Waals surface area contributed by atoms with Gasteiger partial charge in [0, 0.05) is 35.3 Å². The van der Waals surface area contributed by atoms with E-state index in [2.05, 4.69) is 0 Å². The molecule has 0 atom stereocenters. The maximum absolute atomic E-state index is 12.0. The van der Waals surface area contributed by atoms with Crippen LogP contribution in [0.25, 0.3) is 0 Å². The molecule has 0 spiro atoms. The topological polar surface area (TPSA) is 20.3 Å². The molecule has 0 aliphatic heterocycles. The lowest BCUT2D eigenvalue weighted by Crippen LogP contribution is -2.27. The number of nitrogens with zero attached hydrogens (tertiary/aromatic N) is 1. The monoisotopic (exact) mass is 255 g/mol. The van der Waals surface area contributed by atoms with Crippen molar-refractivity contribution in [3.05, 3.63) is 35.4 Å². The third kappa shape index (κ3) is 3.65. The zero-order valence-corrected chi connectivity index (χ0v) is 12.6. The van der Waals surface area contributed by atoms with E-state index >= 15 is 0 Å². The highest BCUT2D eigenvalue weighted by Crippen LogP contribution is 2.09. The summed E-state index contributed by atoms with van der Waals surface area (Å²) in [7, 11) is 3.06. The third-order valence-electron chi connectivity index (χ3n) is 2.55. The molecule has 0 heterocycles. The van der Waals surface area contributed by atoms with Gasteiger partial charge >= 0.3 is 0 Å². The van der Waals surface area contributed by atoms with Crippen LogP contribution in [-0.4, -0.2) is 34.6 Å². The molecule has 1 rings (SSSR count). The van der Waals surface area contributed by atoms with E-state index in [0.29, 0.717) is 5.88 Å². The fourth-order valence-corrected chi connectivity index (χ4v) is 1.95. The molecule has 2 nitrogen and oxygen atoms in total. The molecule has 0 saturated heterocycles. The van der Waals surface area contributed by atoms with Crippen LogP contribution < -0.4 is 0 Å². The minimum absolute atomic E-state index is 0.0937. The molecule has 0 N–H and O–H groups in total. The van der Waals surface area contributed by atoms with Crippen LogP contribution in [-0.2, 0) is 5.88 Å². The van der Waals surface area contributed by atoms with Gasteiger partial charge in [0.1, 0.15) is 0 Å². The van der Waals surface area contributed by atoms with Crippen molar-refractivity contribution in [3.63, 3.8) is 0 Å². The molecule has 88 valence electrons. The Morgan fingerprint density at radius 1 is 1.38 bits per heavy atom. The van der Waals surface area contributed by atoms with Crippen LogP contribution in [0.1, 0.15) is 22.3 Å². The highest BCUT2D eigenvalue weighted by atomic mass is 35.5. The van der Waals surface area contributed by atoms with Crippen LogP contribution in [0.3, 0.4) is 0 Å². The summed E-state index contributed by atoms with van der Waals surface area (Å²) in [5, 5.41) is 0. The zero-order chi connectivity index (χ0) is 12.0. The van der Waals surface area contributed by atoms with Gasteiger partial charge in [0.15, 0.2) is 0 Å². The maximum atomic E-state index is 12.0. The number of hydrogen-bond acceptors (Lipinski definition) is 1. The average molecular weight is 256 g/mol. The van der Waals surface area contributed by atoms with Crippen LogP contribution in [0.15, 0.2) is 24.3 Å². The molecule has 1 amide bonds. The summed E-state index contributed by atoms with van der Waals surface area (Å²) >= 11 is 5.70. The van der Waals surface area contributed by atoms with Crippen molar-refractivity contribution in [2.75, 3.05) is 13.6 Å². The molecule has 1 aromatic rings. The fraction of sp³-hybridized carbons (Fsp3) is 0.417. The van der Waals surface area contributed by atoms with E-state index in [9.17, 15) is 4.79 Å². The van der Waals surface area contributed by atoms with E-state index < -0.39 is 0 Å². The summed E-state index contributed by atoms with van der Waals surface area (Å²) in [5.74, 6) is 0.585. The number of hydrogen-bond donors (Lipinski definition) is 0. The second-order valence-electron chi connectivity index (χ2n) is 3.91. The van der Waals surface area contributed by atoms with E-state index in [1.165, 1.54) is 16.3 Å². The van der Waals surface area contributed by atoms with Crippen molar-refractivity contribution in [2.45, 2.75) is 18.3 Å². The molecule has 0 unspecified atom stereocenters. The minimum atomic E-state index is 0.0937. The SMILES string of the molecule is CN(CCC[SiH3])C(=O)c1ccc(CCl)cc1. The lowest BCUT2D eigenvalue weighted by atomic mass is 10.1. The van der Waals surface area contributed by atoms with E-state index in [-0.39, 0.29) is 5.91 Å². The molecule has 0 aromatic heterocycles. The highest BCUT2D eigenvalue weighted by molar-refractivity contribution is 6.17. The van der Waals surface area contributed by atoms with Crippen LogP contribution in [0.5, 0.6) is 0 Å². The number of carbonyl (C=O) groups is 1. The smallest absolute Gasteiger partial charge is 0.253 e. The number of halogens is 1. The Hall–Kier alpha value is -0.803. The first-order valence-electron chi connectivity index (χ1n) is 5.59. The van der Waals surface area contributed by atoms with E-state index in [1.54, 1.807) is 4.90 Å². The summed E-state index contributed by atoms with van der Waals surface area (Å²) < 4.78 is 0. The Labute approximate surface area is 105 Å². The quantitative estimate of drug-likeness (QED) is 0.579. The Morgan fingerprint density at radius 2 is 2.00 bits per heavy atom. The minimum Gasteiger partial charge on any atom is -0.342 e. The van der Waals surface area contributed by atoms with Crippen LogP contribution in [0.2, 0.25) is 6.04 Å². The van der Waals surface area contributed by atoms with Gasteiger partial charge in [-0.25, -0.2) is 0 Å². The predicted molar refractivity (Wildman–Crippen MR) is 72.3 cm³/mol. The lowest BCUT2D eigenvalue weighted by Gasteiger charge is -2.16. The number of amides is 1. The second kappa shape index (κ2) is 6.71. The summed E-state index contributed by atoms with van der Waals surface area (Å²) in [5.41, 5.74) is 1.78. The average Bonchev–Trinajstić information content (AvgIpc) is 2.35. The maximum Gasteiger partial charge on any atom is 0.253 e. The van der Waals surface area contributed by atoms with Gasteiger partial charge in [-0.1, -0.05) is 18.2 Å². The molecule has 0 aliphatic carbocycles. The Bertz CT molecular complexity index is 339. The summed E-state index contributed by atoms with van der Waals surface area (Å²) in [4.78, 5) is 13.7. The van der Waals surface area contributed by atoms with Gasteiger partial charge in [0.25, 0.3) is 5.91 Å². The standard InChI is InChI=1S/C12H18ClNOSi/c1-14(7-2-8-16)12(15)11-5-3-10(9-13)4-6-11/h3-6H,2,7-9H2,1,16H3. The van der Waals surface area contributed by atoms with Gasteiger partial charge in [-0.2, -0.15) is 0 Å². The first kappa shape index (κ1) is 13.3. The Morgan fingerprint density at radius 3 is 2.50 bits per heavy atom. The molecule has 0 aliphatic rings. The van der Waals surface area contributed by atoms with Crippen LogP contribution in [0.4, 0.5) is 0 Å². The number of rotatable bonds is 5. The van der Waals surface area contributed by atoms with Crippen LogP contribution >= 0.6 is 11.6 Å². The molecular weight excluding hydrogens is 238 g/mol. The van der Waals surface area contributed by atoms with Gasteiger partial charge in [-0.15, -0.1) is 11.6 Å². The van der Waals surface area contributed by atoms with Crippen molar-refractivity contribution in [2.24, 2.45) is 0 Å². The van der Waals surface area contributed by atoms with Crippen molar-refractivity contribution >= 4 is 27.8 Å². The van der Waals surface area contributed by atoms with Gasteiger partial charge < -0.3 is 4.90 Å². The first-order chi connectivity index (χ1) is 7.69. The van der Waals surface area contributed by atoms with Crippen molar-refractivity contribution in [3.8, 4) is 0 Å². The first-order valence-corrected chi connectivity index (χ1v) is 7.54. The predicted octanol–water partition coefficient (Wildman–Crippen LogP) is 1.67. The molecule has 1 aromatic carbocycles. The largest absolute Gasteiger partial charge is 0.342 e. The van der Waals surface area contributed by atoms with E-state index in [4.69, 9.17) is 11.6 Å². The van der Waals surface area contributed by atoms with Crippen molar-refractivity contribution in [1.82, 2.24) is 4.90 Å². The Balaban J connectivity index is 2.64. The molecule has 0 bridgehead atoms. The number of alkyl halides is 1. The van der Waals surface area contributed by atoms with Gasteiger partial charge in [-0.3, -0.25) is 4.79 Å². The molecule has 0 saturated carbocycles. The molecule has 0 fully saturated rings. The Kier molecular flexibility index (Phi) is 5.56. The van der Waals surface area contributed by atoms with Crippen molar-refractivity contribution < 1.29 is 4.79 Å². The molecule has 4 heteroatoms. The summed E-state index contributed by atoms with van der Waals surface area (Å²) in [6.45, 7) is 0.847. The van der Waals surface area contributed by atoms with E-state index in [1.807, 2.05) is 31.3 Å². The summed E-state index contributed by atoms with van der Waals surface area (Å²) in [6, 6.07) is 8.74. The molecule has 16 heavy (non-hydrogen) atoms. The normalized spacial score (nSPS) is 10.4. The number of benzene rings is 1.